The quantitative estimate of drug-likeness (QED) is 0.455. The van der Waals surface area contributed by atoms with Crippen molar-refractivity contribution in [2.24, 2.45) is 0 Å². The molecule has 6 nitrogen and oxygen atoms in total. The molecule has 1 aliphatic rings. The van der Waals surface area contributed by atoms with Crippen LogP contribution in [-0.4, -0.2) is 17.7 Å². The molecule has 1 aliphatic heterocycles. The van der Waals surface area contributed by atoms with Crippen molar-refractivity contribution in [1.29, 1.82) is 0 Å². The van der Waals surface area contributed by atoms with E-state index in [9.17, 15) is 14.4 Å². The highest BCUT2D eigenvalue weighted by molar-refractivity contribution is 6.53. The molecule has 0 saturated carbocycles. The van der Waals surface area contributed by atoms with Gasteiger partial charge in [0.1, 0.15) is 10.7 Å². The molecular formula is C23H14Cl3N3O3. The fourth-order valence-electron chi connectivity index (χ4n) is 3.08. The molecule has 3 aromatic rings. The van der Waals surface area contributed by atoms with Gasteiger partial charge >= 0.3 is 0 Å². The van der Waals surface area contributed by atoms with E-state index in [0.717, 1.165) is 4.90 Å². The molecule has 0 spiro atoms. The Labute approximate surface area is 198 Å². The topological polar surface area (TPSA) is 78.5 Å². The average molecular weight is 487 g/mol. The largest absolute Gasteiger partial charge is 0.350 e. The Morgan fingerprint density at radius 2 is 1.50 bits per heavy atom. The molecule has 0 atom stereocenters. The molecular weight excluding hydrogens is 473 g/mol. The van der Waals surface area contributed by atoms with Gasteiger partial charge in [0.2, 0.25) is 0 Å². The van der Waals surface area contributed by atoms with Gasteiger partial charge < -0.3 is 10.6 Å². The molecule has 2 N–H and O–H groups in total. The Bertz CT molecular complexity index is 1270. The standard InChI is InChI=1S/C23H14Cl3N3O3/c24-14-8-10-15(11-9-14)28-21(30)13-4-3-5-16(12-13)27-20-19(26)22(31)29(23(20)32)18-7-2-1-6-17(18)25/h1-12,27H,(H,28,30). The summed E-state index contributed by atoms with van der Waals surface area (Å²) < 4.78 is 0. The van der Waals surface area contributed by atoms with Gasteiger partial charge in [0.25, 0.3) is 17.7 Å². The second-order valence-electron chi connectivity index (χ2n) is 6.75. The highest BCUT2D eigenvalue weighted by atomic mass is 35.5. The maximum absolute atomic E-state index is 12.9. The number of nitrogens with zero attached hydrogens (tertiary/aromatic N) is 1. The molecule has 0 aromatic heterocycles. The van der Waals surface area contributed by atoms with E-state index < -0.39 is 11.8 Å². The molecule has 9 heteroatoms. The number of benzene rings is 3. The van der Waals surface area contributed by atoms with Crippen LogP contribution in [0, 0.1) is 0 Å². The van der Waals surface area contributed by atoms with Crippen LogP contribution in [0.3, 0.4) is 0 Å². The van der Waals surface area contributed by atoms with Crippen LogP contribution in [0.25, 0.3) is 0 Å². The zero-order valence-electron chi connectivity index (χ0n) is 16.2. The number of carbonyl (C=O) groups is 3. The van der Waals surface area contributed by atoms with E-state index in [1.165, 1.54) is 0 Å². The first-order valence-electron chi connectivity index (χ1n) is 9.32. The average Bonchev–Trinajstić information content (AvgIpc) is 2.99. The minimum absolute atomic E-state index is 0.105. The number of hydrogen-bond donors (Lipinski definition) is 2. The summed E-state index contributed by atoms with van der Waals surface area (Å²) in [5, 5.41) is 6.13. The normalized spacial score (nSPS) is 13.5. The Kier molecular flexibility index (Phi) is 6.19. The third-order valence-electron chi connectivity index (χ3n) is 4.62. The lowest BCUT2D eigenvalue weighted by molar-refractivity contribution is -0.120. The SMILES string of the molecule is O=C(Nc1ccc(Cl)cc1)c1cccc(NC2=C(Cl)C(=O)N(c3ccccc3Cl)C2=O)c1. The summed E-state index contributed by atoms with van der Waals surface area (Å²) in [7, 11) is 0. The second-order valence-corrected chi connectivity index (χ2v) is 7.97. The van der Waals surface area contributed by atoms with Crippen molar-refractivity contribution in [1.82, 2.24) is 0 Å². The van der Waals surface area contributed by atoms with E-state index in [-0.39, 0.29) is 27.3 Å². The highest BCUT2D eigenvalue weighted by Crippen LogP contribution is 2.34. The van der Waals surface area contributed by atoms with E-state index in [4.69, 9.17) is 34.8 Å². The fraction of sp³-hybridized carbons (Fsp3) is 0. The molecule has 3 amide bonds. The maximum Gasteiger partial charge on any atom is 0.283 e. The molecule has 1 heterocycles. The highest BCUT2D eigenvalue weighted by Gasteiger charge is 2.39. The van der Waals surface area contributed by atoms with E-state index in [1.54, 1.807) is 72.8 Å². The van der Waals surface area contributed by atoms with E-state index >= 15 is 0 Å². The monoisotopic (exact) mass is 485 g/mol. The number of para-hydroxylation sites is 1. The van der Waals surface area contributed by atoms with E-state index in [2.05, 4.69) is 10.6 Å². The number of nitrogens with one attached hydrogen (secondary N) is 2. The van der Waals surface area contributed by atoms with Crippen LogP contribution in [0.5, 0.6) is 0 Å². The number of halogens is 3. The Balaban J connectivity index is 1.55. The van der Waals surface area contributed by atoms with Gasteiger partial charge in [0, 0.05) is 22.0 Å². The molecule has 32 heavy (non-hydrogen) atoms. The van der Waals surface area contributed by atoms with Crippen LogP contribution in [0.2, 0.25) is 10.0 Å². The lowest BCUT2D eigenvalue weighted by Crippen LogP contribution is -2.32. The zero-order chi connectivity index (χ0) is 22.8. The third-order valence-corrected chi connectivity index (χ3v) is 5.54. The molecule has 4 rings (SSSR count). The first-order valence-corrected chi connectivity index (χ1v) is 10.5. The third kappa shape index (κ3) is 4.34. The van der Waals surface area contributed by atoms with Gasteiger partial charge in [-0.25, -0.2) is 4.90 Å². The molecule has 0 aliphatic carbocycles. The molecule has 0 radical (unpaired) electrons. The summed E-state index contributed by atoms with van der Waals surface area (Å²) in [6.45, 7) is 0. The van der Waals surface area contributed by atoms with Crippen molar-refractivity contribution in [3.63, 3.8) is 0 Å². The van der Waals surface area contributed by atoms with Crippen molar-refractivity contribution in [2.45, 2.75) is 0 Å². The van der Waals surface area contributed by atoms with Crippen LogP contribution < -0.4 is 15.5 Å². The van der Waals surface area contributed by atoms with Crippen LogP contribution >= 0.6 is 34.8 Å². The minimum atomic E-state index is -0.691. The van der Waals surface area contributed by atoms with Crippen molar-refractivity contribution in [2.75, 3.05) is 15.5 Å². The number of amides is 3. The van der Waals surface area contributed by atoms with Crippen molar-refractivity contribution < 1.29 is 14.4 Å². The Morgan fingerprint density at radius 3 is 2.22 bits per heavy atom. The number of rotatable bonds is 5. The van der Waals surface area contributed by atoms with Gasteiger partial charge in [-0.3, -0.25) is 14.4 Å². The molecule has 0 unspecified atom stereocenters. The van der Waals surface area contributed by atoms with E-state index in [1.807, 2.05) is 0 Å². The van der Waals surface area contributed by atoms with Gasteiger partial charge in [-0.05, 0) is 54.6 Å². The van der Waals surface area contributed by atoms with Crippen LogP contribution in [-0.2, 0) is 9.59 Å². The fourth-order valence-corrected chi connectivity index (χ4v) is 3.64. The minimum Gasteiger partial charge on any atom is -0.350 e. The Morgan fingerprint density at radius 1 is 0.781 bits per heavy atom. The van der Waals surface area contributed by atoms with Gasteiger partial charge in [0.15, 0.2) is 0 Å². The van der Waals surface area contributed by atoms with Crippen LogP contribution in [0.15, 0.2) is 83.5 Å². The van der Waals surface area contributed by atoms with E-state index in [0.29, 0.717) is 22.0 Å². The molecule has 0 fully saturated rings. The second kappa shape index (κ2) is 9.04. The summed E-state index contributed by atoms with van der Waals surface area (Å²) in [5.41, 5.74) is 1.45. The Hall–Kier alpha value is -3.32. The summed E-state index contributed by atoms with van der Waals surface area (Å²) in [5.74, 6) is -1.70. The zero-order valence-corrected chi connectivity index (χ0v) is 18.5. The lowest BCUT2D eigenvalue weighted by atomic mass is 10.1. The van der Waals surface area contributed by atoms with Crippen molar-refractivity contribution in [3.05, 3.63) is 99.1 Å². The summed E-state index contributed by atoms with van der Waals surface area (Å²) in [4.78, 5) is 39.0. The van der Waals surface area contributed by atoms with Crippen molar-refractivity contribution >= 4 is 69.6 Å². The first-order chi connectivity index (χ1) is 15.3. The smallest absolute Gasteiger partial charge is 0.283 e. The predicted octanol–water partition coefficient (Wildman–Crippen LogP) is 5.68. The number of anilines is 3. The van der Waals surface area contributed by atoms with Gasteiger partial charge in [0.05, 0.1) is 10.7 Å². The maximum atomic E-state index is 12.9. The predicted molar refractivity (Wildman–Crippen MR) is 126 cm³/mol. The molecule has 3 aromatic carbocycles. The lowest BCUT2D eigenvalue weighted by Gasteiger charge is -2.16. The number of carbonyl (C=O) groups excluding carboxylic acids is 3. The van der Waals surface area contributed by atoms with Crippen LogP contribution in [0.1, 0.15) is 10.4 Å². The van der Waals surface area contributed by atoms with Crippen molar-refractivity contribution in [3.8, 4) is 0 Å². The summed E-state index contributed by atoms with van der Waals surface area (Å²) >= 11 is 18.2. The summed E-state index contributed by atoms with van der Waals surface area (Å²) in [6, 6.07) is 19.6. The van der Waals surface area contributed by atoms with Crippen LogP contribution in [0.4, 0.5) is 17.1 Å². The van der Waals surface area contributed by atoms with Gasteiger partial charge in [-0.15, -0.1) is 0 Å². The molecule has 0 bridgehead atoms. The van der Waals surface area contributed by atoms with Gasteiger partial charge in [-0.1, -0.05) is 53.0 Å². The molecule has 0 saturated heterocycles. The number of imide groups is 1. The first kappa shape index (κ1) is 21.9. The number of hydrogen-bond acceptors (Lipinski definition) is 4. The van der Waals surface area contributed by atoms with Gasteiger partial charge in [-0.2, -0.15) is 0 Å². The molecule has 160 valence electrons. The summed E-state index contributed by atoms with van der Waals surface area (Å²) in [6.07, 6.45) is 0.